The predicted octanol–water partition coefficient (Wildman–Crippen LogP) is 1.52. The highest BCUT2D eigenvalue weighted by atomic mass is 19.1. The molecule has 3 rings (SSSR count). The molecule has 1 aliphatic rings. The van der Waals surface area contributed by atoms with Crippen LogP contribution in [0.3, 0.4) is 0 Å². The molecule has 0 radical (unpaired) electrons. The first kappa shape index (κ1) is 11.6. The zero-order valence-corrected chi connectivity index (χ0v) is 9.89. The van der Waals surface area contributed by atoms with Crippen LogP contribution >= 0.6 is 0 Å². The van der Waals surface area contributed by atoms with Gasteiger partial charge in [0.25, 0.3) is 0 Å². The van der Waals surface area contributed by atoms with Gasteiger partial charge in [-0.2, -0.15) is 5.10 Å². The lowest BCUT2D eigenvalue weighted by atomic mass is 10.1. The van der Waals surface area contributed by atoms with Crippen molar-refractivity contribution in [1.29, 1.82) is 0 Å². The number of aromatic nitrogens is 2. The third-order valence-electron chi connectivity index (χ3n) is 2.98. The molecule has 2 aromatic rings. The van der Waals surface area contributed by atoms with E-state index in [0.29, 0.717) is 11.5 Å². The van der Waals surface area contributed by atoms with Gasteiger partial charge < -0.3 is 0 Å². The molecule has 0 unspecified atom stereocenters. The van der Waals surface area contributed by atoms with Crippen LogP contribution in [-0.2, 0) is 9.59 Å². The molecular formula is C13H10FN3O2. The van der Waals surface area contributed by atoms with Gasteiger partial charge in [-0.05, 0) is 29.8 Å². The number of amides is 1. The van der Waals surface area contributed by atoms with Crippen LogP contribution in [0, 0.1) is 5.82 Å². The Morgan fingerprint density at radius 2 is 1.95 bits per heavy atom. The number of benzene rings is 1. The molecule has 1 fully saturated rings. The average molecular weight is 259 g/mol. The molecule has 5 nitrogen and oxygen atoms in total. The molecule has 2 heterocycles. The maximum absolute atomic E-state index is 12.8. The molecular weight excluding hydrogens is 249 g/mol. The fourth-order valence-corrected chi connectivity index (χ4v) is 2.02. The summed E-state index contributed by atoms with van der Waals surface area (Å²) >= 11 is 0. The Kier molecular flexibility index (Phi) is 2.63. The summed E-state index contributed by atoms with van der Waals surface area (Å²) < 4.78 is 12.8. The third-order valence-corrected chi connectivity index (χ3v) is 2.98. The normalized spacial score (nSPS) is 15.3. The maximum Gasteiger partial charge on any atom is 0.236 e. The summed E-state index contributed by atoms with van der Waals surface area (Å²) in [6.07, 6.45) is -0.0707. The van der Waals surface area contributed by atoms with E-state index < -0.39 is 0 Å². The van der Waals surface area contributed by atoms with Gasteiger partial charge in [0, 0.05) is 6.07 Å². The van der Waals surface area contributed by atoms with Gasteiger partial charge >= 0.3 is 0 Å². The lowest BCUT2D eigenvalue weighted by Gasteiger charge is -2.09. The Balaban J connectivity index is 1.89. The van der Waals surface area contributed by atoms with Crippen LogP contribution in [0.15, 0.2) is 30.3 Å². The number of Topliss-reactive ketones (excluding diaryl/α,β-unsaturated/α-hetero) is 1. The van der Waals surface area contributed by atoms with Gasteiger partial charge in [0.15, 0.2) is 11.6 Å². The molecule has 0 atom stereocenters. The molecule has 0 spiro atoms. The van der Waals surface area contributed by atoms with Crippen molar-refractivity contribution in [1.82, 2.24) is 10.2 Å². The fourth-order valence-electron chi connectivity index (χ4n) is 2.02. The van der Waals surface area contributed by atoms with Crippen molar-refractivity contribution in [3.63, 3.8) is 0 Å². The second kappa shape index (κ2) is 4.31. The fraction of sp³-hybridized carbons (Fsp3) is 0.154. The van der Waals surface area contributed by atoms with E-state index in [-0.39, 0.29) is 30.5 Å². The Labute approximate surface area is 108 Å². The molecule has 1 saturated heterocycles. The van der Waals surface area contributed by atoms with Gasteiger partial charge in [0.1, 0.15) is 5.82 Å². The summed E-state index contributed by atoms with van der Waals surface area (Å²) in [7, 11) is 0. The zero-order valence-electron chi connectivity index (χ0n) is 9.89. The van der Waals surface area contributed by atoms with E-state index in [9.17, 15) is 14.0 Å². The first-order valence-electron chi connectivity index (χ1n) is 5.77. The van der Waals surface area contributed by atoms with Crippen molar-refractivity contribution in [3.05, 3.63) is 36.1 Å². The van der Waals surface area contributed by atoms with Gasteiger partial charge in [-0.1, -0.05) is 0 Å². The van der Waals surface area contributed by atoms with E-state index in [1.807, 2.05) is 0 Å². The first-order valence-corrected chi connectivity index (χ1v) is 5.77. The summed E-state index contributed by atoms with van der Waals surface area (Å²) in [5.74, 6) is -0.266. The van der Waals surface area contributed by atoms with Crippen molar-refractivity contribution in [3.8, 4) is 11.3 Å². The summed E-state index contributed by atoms with van der Waals surface area (Å²) in [5.41, 5.74) is 1.43. The van der Waals surface area contributed by atoms with Crippen molar-refractivity contribution < 1.29 is 14.0 Å². The molecule has 6 heteroatoms. The zero-order chi connectivity index (χ0) is 13.4. The Morgan fingerprint density at radius 1 is 1.21 bits per heavy atom. The van der Waals surface area contributed by atoms with Crippen LogP contribution < -0.4 is 4.90 Å². The molecule has 96 valence electrons. The minimum Gasteiger partial charge on any atom is -0.297 e. The Bertz CT molecular complexity index is 648. The number of hydrogen-bond donors (Lipinski definition) is 1. The summed E-state index contributed by atoms with van der Waals surface area (Å²) in [6.45, 7) is 0.0620. The first-order chi connectivity index (χ1) is 9.13. The second-order valence-corrected chi connectivity index (χ2v) is 4.34. The molecule has 1 aromatic carbocycles. The molecule has 0 bridgehead atoms. The van der Waals surface area contributed by atoms with E-state index in [4.69, 9.17) is 0 Å². The number of halogens is 1. The van der Waals surface area contributed by atoms with Gasteiger partial charge in [-0.25, -0.2) is 4.39 Å². The SMILES string of the molecule is O=C1CC(=O)N(c2cc(-c3ccc(F)cc3)[nH]n2)C1. The Hall–Kier alpha value is -2.50. The summed E-state index contributed by atoms with van der Waals surface area (Å²) in [6, 6.07) is 7.59. The maximum atomic E-state index is 12.8. The molecule has 0 aliphatic carbocycles. The summed E-state index contributed by atoms with van der Waals surface area (Å²) in [5, 5.41) is 6.79. The standard InChI is InChI=1S/C13H10FN3O2/c14-9-3-1-8(2-4-9)11-6-12(16-15-11)17-7-10(18)5-13(17)19/h1-4,6H,5,7H2,(H,15,16). The summed E-state index contributed by atoms with van der Waals surface area (Å²) in [4.78, 5) is 24.1. The number of nitrogens with zero attached hydrogens (tertiary/aromatic N) is 2. The molecule has 19 heavy (non-hydrogen) atoms. The van der Waals surface area contributed by atoms with Crippen LogP contribution in [0.25, 0.3) is 11.3 Å². The third kappa shape index (κ3) is 2.12. The number of H-pyrrole nitrogens is 1. The number of carbonyl (C=O) groups excluding carboxylic acids is 2. The van der Waals surface area contributed by atoms with Crippen molar-refractivity contribution >= 4 is 17.5 Å². The van der Waals surface area contributed by atoms with Crippen molar-refractivity contribution in [2.75, 3.05) is 11.4 Å². The topological polar surface area (TPSA) is 66.1 Å². The number of anilines is 1. The lowest BCUT2D eigenvalue weighted by molar-refractivity contribution is -0.121. The minimum atomic E-state index is -0.316. The van der Waals surface area contributed by atoms with Crippen molar-refractivity contribution in [2.45, 2.75) is 6.42 Å². The monoisotopic (exact) mass is 259 g/mol. The molecule has 1 amide bonds. The average Bonchev–Trinajstić information content (AvgIpc) is 2.97. The van der Waals surface area contributed by atoms with Gasteiger partial charge in [0.05, 0.1) is 18.7 Å². The number of nitrogens with one attached hydrogen (secondary N) is 1. The smallest absolute Gasteiger partial charge is 0.236 e. The molecule has 1 aliphatic heterocycles. The van der Waals surface area contributed by atoms with Gasteiger partial charge in [-0.15, -0.1) is 0 Å². The predicted molar refractivity (Wildman–Crippen MR) is 66.0 cm³/mol. The van der Waals surface area contributed by atoms with Gasteiger partial charge in [-0.3, -0.25) is 19.6 Å². The van der Waals surface area contributed by atoms with Crippen LogP contribution in [-0.4, -0.2) is 28.4 Å². The van der Waals surface area contributed by atoms with E-state index in [2.05, 4.69) is 10.2 Å². The minimum absolute atomic E-state index is 0.0620. The highest BCUT2D eigenvalue weighted by molar-refractivity contribution is 6.14. The Morgan fingerprint density at radius 3 is 2.58 bits per heavy atom. The number of aromatic amines is 1. The second-order valence-electron chi connectivity index (χ2n) is 4.34. The van der Waals surface area contributed by atoms with Crippen LogP contribution in [0.2, 0.25) is 0 Å². The van der Waals surface area contributed by atoms with E-state index >= 15 is 0 Å². The van der Waals surface area contributed by atoms with Crippen LogP contribution in [0.1, 0.15) is 6.42 Å². The van der Waals surface area contributed by atoms with Gasteiger partial charge in [0.2, 0.25) is 5.91 Å². The van der Waals surface area contributed by atoms with E-state index in [0.717, 1.165) is 5.56 Å². The number of hydrogen-bond acceptors (Lipinski definition) is 3. The van der Waals surface area contributed by atoms with Crippen LogP contribution in [0.5, 0.6) is 0 Å². The number of rotatable bonds is 2. The molecule has 1 N–H and O–H groups in total. The number of ketones is 1. The quantitative estimate of drug-likeness (QED) is 0.831. The van der Waals surface area contributed by atoms with E-state index in [1.54, 1.807) is 18.2 Å². The van der Waals surface area contributed by atoms with E-state index in [1.165, 1.54) is 17.0 Å². The number of carbonyl (C=O) groups is 2. The largest absolute Gasteiger partial charge is 0.297 e. The molecule has 1 aromatic heterocycles. The molecule has 0 saturated carbocycles. The van der Waals surface area contributed by atoms with Crippen molar-refractivity contribution in [2.24, 2.45) is 0 Å². The lowest BCUT2D eigenvalue weighted by Crippen LogP contribution is -2.24. The highest BCUT2D eigenvalue weighted by Crippen LogP contribution is 2.24. The van der Waals surface area contributed by atoms with Crippen LogP contribution in [0.4, 0.5) is 10.2 Å². The highest BCUT2D eigenvalue weighted by Gasteiger charge is 2.30.